The Morgan fingerprint density at radius 3 is 2.06 bits per heavy atom. The molecule has 0 atom stereocenters. The lowest BCUT2D eigenvalue weighted by molar-refractivity contribution is 0.343. The monoisotopic (exact) mass is 300 g/mol. The quantitative estimate of drug-likeness (QED) is 0.347. The highest BCUT2D eigenvalue weighted by atomic mass is 32.1. The van der Waals surface area contributed by atoms with Gasteiger partial charge in [-0.2, -0.15) is 0 Å². The maximum Gasteiger partial charge on any atom is 0.360 e. The van der Waals surface area contributed by atoms with Crippen molar-refractivity contribution in [3.8, 4) is 0 Å². The molecule has 1 aromatic rings. The first-order chi connectivity index (χ1) is 7.60. The van der Waals surface area contributed by atoms with E-state index in [1.54, 1.807) is 0 Å². The molecule has 8 nitrogen and oxygen atoms in total. The van der Waals surface area contributed by atoms with Crippen LogP contribution in [-0.4, -0.2) is 30.1 Å². The van der Waals surface area contributed by atoms with E-state index in [1.807, 2.05) is 5.32 Å². The van der Waals surface area contributed by atoms with Crippen LogP contribution in [0.15, 0.2) is 23.2 Å². The Balaban J connectivity index is 3.00. The van der Waals surface area contributed by atoms with Gasteiger partial charge in [0.05, 0.1) is 0 Å². The Hall–Kier alpha value is -0.400. The maximum absolute atomic E-state index is 10.9. The molecule has 0 unspecified atom stereocenters. The number of thiol groups is 1. The van der Waals surface area contributed by atoms with Gasteiger partial charge in [-0.05, 0) is 12.1 Å². The molecule has 0 fully saturated rings. The van der Waals surface area contributed by atoms with E-state index < -0.39 is 20.7 Å². The van der Waals surface area contributed by atoms with Gasteiger partial charge in [0.15, 0.2) is 0 Å². The van der Waals surface area contributed by atoms with Crippen LogP contribution in [0.5, 0.6) is 0 Å². The molecular weight excluding hydrogens is 290 g/mol. The van der Waals surface area contributed by atoms with Crippen LogP contribution in [0.1, 0.15) is 0 Å². The van der Waals surface area contributed by atoms with Gasteiger partial charge in [-0.1, -0.05) is 0 Å². The molecule has 1 aromatic heterocycles. The van der Waals surface area contributed by atoms with Crippen LogP contribution in [0.25, 0.3) is 0 Å². The van der Waals surface area contributed by atoms with Crippen LogP contribution < -0.4 is 5.32 Å². The second-order valence-corrected chi connectivity index (χ2v) is 7.41. The van der Waals surface area contributed by atoms with E-state index in [4.69, 9.17) is 19.6 Å². The van der Waals surface area contributed by atoms with Crippen molar-refractivity contribution in [3.05, 3.63) is 18.3 Å². The minimum absolute atomic E-state index is 0.0700. The lowest BCUT2D eigenvalue weighted by Gasteiger charge is -2.21. The summed E-state index contributed by atoms with van der Waals surface area (Å²) in [4.78, 5) is 39.5. The summed E-state index contributed by atoms with van der Waals surface area (Å²) in [5.41, 5.74) is -2.31. The maximum atomic E-state index is 10.9. The van der Waals surface area contributed by atoms with E-state index in [1.165, 1.54) is 18.3 Å². The number of nitrogens with one attached hydrogen (secondary N) is 1. The summed E-state index contributed by atoms with van der Waals surface area (Å²) in [7, 11) is -10.0. The average molecular weight is 300 g/mol. The zero-order chi connectivity index (χ0) is 13.3. The summed E-state index contributed by atoms with van der Waals surface area (Å²) in [6.45, 7) is 0. The molecule has 0 spiro atoms. The van der Waals surface area contributed by atoms with E-state index in [9.17, 15) is 9.13 Å². The van der Waals surface area contributed by atoms with Crippen molar-refractivity contribution in [2.24, 2.45) is 0 Å². The molecule has 11 heteroatoms. The van der Waals surface area contributed by atoms with Crippen molar-refractivity contribution in [3.63, 3.8) is 0 Å². The smallest absolute Gasteiger partial charge is 0.346 e. The standard InChI is InChI=1S/C6H10N2O6P2S/c9-15(10,11)6(16(12,13)14)8-5-2-1-4(17)3-7-5/h1-3,6,17H,(H,7,8)(H2,9,10,11)(H2,12,13,14). The van der Waals surface area contributed by atoms with Gasteiger partial charge in [0.2, 0.25) is 5.52 Å². The summed E-state index contributed by atoms with van der Waals surface area (Å²) in [5.74, 6) is -0.0700. The van der Waals surface area contributed by atoms with Crippen molar-refractivity contribution >= 4 is 33.6 Å². The van der Waals surface area contributed by atoms with Crippen LogP contribution in [0, 0.1) is 0 Å². The molecule has 0 saturated carbocycles. The fraction of sp³-hybridized carbons (Fsp3) is 0.167. The Morgan fingerprint density at radius 1 is 1.18 bits per heavy atom. The molecule has 5 N–H and O–H groups in total. The van der Waals surface area contributed by atoms with Gasteiger partial charge in [-0.3, -0.25) is 9.13 Å². The van der Waals surface area contributed by atoms with Gasteiger partial charge in [0.25, 0.3) is 0 Å². The van der Waals surface area contributed by atoms with Crippen molar-refractivity contribution in [2.45, 2.75) is 10.4 Å². The normalized spacial score (nSPS) is 12.8. The number of anilines is 1. The largest absolute Gasteiger partial charge is 0.360 e. The zero-order valence-corrected chi connectivity index (χ0v) is 10.9. The first-order valence-corrected chi connectivity index (χ1v) is 7.94. The van der Waals surface area contributed by atoms with Crippen molar-refractivity contribution < 1.29 is 28.7 Å². The van der Waals surface area contributed by atoms with Gasteiger partial charge >= 0.3 is 15.2 Å². The number of hydrogen-bond donors (Lipinski definition) is 6. The molecule has 0 aliphatic carbocycles. The fourth-order valence-corrected chi connectivity index (χ4v) is 3.27. The highest BCUT2D eigenvalue weighted by Crippen LogP contribution is 2.59. The molecule has 1 heterocycles. The number of nitrogens with zero attached hydrogens (tertiary/aromatic N) is 1. The van der Waals surface area contributed by atoms with Crippen LogP contribution in [0.2, 0.25) is 0 Å². The first-order valence-electron chi connectivity index (χ1n) is 4.12. The highest BCUT2D eigenvalue weighted by molar-refractivity contribution is 7.80. The molecule has 96 valence electrons. The number of pyridine rings is 1. The third-order valence-corrected chi connectivity index (χ3v) is 5.26. The summed E-state index contributed by atoms with van der Waals surface area (Å²) < 4.78 is 21.9. The van der Waals surface area contributed by atoms with E-state index >= 15 is 0 Å². The number of rotatable bonds is 4. The minimum Gasteiger partial charge on any atom is -0.346 e. The van der Waals surface area contributed by atoms with E-state index in [0.29, 0.717) is 4.90 Å². The van der Waals surface area contributed by atoms with Crippen LogP contribution >= 0.6 is 27.8 Å². The molecule has 0 saturated heterocycles. The molecule has 0 aliphatic heterocycles. The lowest BCUT2D eigenvalue weighted by Crippen LogP contribution is -2.20. The predicted molar refractivity (Wildman–Crippen MR) is 63.0 cm³/mol. The van der Waals surface area contributed by atoms with E-state index in [-0.39, 0.29) is 5.82 Å². The number of hydrogen-bond acceptors (Lipinski definition) is 5. The molecule has 17 heavy (non-hydrogen) atoms. The van der Waals surface area contributed by atoms with Gasteiger partial charge in [0.1, 0.15) is 5.82 Å². The summed E-state index contributed by atoms with van der Waals surface area (Å²) in [6.07, 6.45) is 1.27. The van der Waals surface area contributed by atoms with E-state index in [0.717, 1.165) is 0 Å². The van der Waals surface area contributed by atoms with Gasteiger partial charge in [-0.25, -0.2) is 4.98 Å². The van der Waals surface area contributed by atoms with Crippen molar-refractivity contribution in [1.29, 1.82) is 0 Å². The fourth-order valence-electron chi connectivity index (χ4n) is 0.968. The minimum atomic E-state index is -5.01. The molecule has 1 rings (SSSR count). The van der Waals surface area contributed by atoms with Gasteiger partial charge in [0, 0.05) is 11.1 Å². The molecular formula is C6H10N2O6P2S. The Bertz CT molecular complexity index is 460. The van der Waals surface area contributed by atoms with Crippen molar-refractivity contribution in [1.82, 2.24) is 4.98 Å². The number of aromatic nitrogens is 1. The summed E-state index contributed by atoms with van der Waals surface area (Å²) in [5, 5.41) is 2.01. The zero-order valence-electron chi connectivity index (χ0n) is 8.20. The SMILES string of the molecule is O=P(O)(O)C(Nc1ccc(S)cn1)P(=O)(O)O. The third-order valence-electron chi connectivity index (χ3n) is 1.66. The van der Waals surface area contributed by atoms with Crippen LogP contribution in [0.4, 0.5) is 5.82 Å². The molecule has 0 radical (unpaired) electrons. The summed E-state index contributed by atoms with van der Waals surface area (Å²) in [6, 6.07) is 2.75. The van der Waals surface area contributed by atoms with E-state index in [2.05, 4.69) is 17.6 Å². The average Bonchev–Trinajstić information content (AvgIpc) is 2.13. The van der Waals surface area contributed by atoms with Gasteiger partial charge < -0.3 is 24.9 Å². The van der Waals surface area contributed by atoms with Crippen LogP contribution in [0.3, 0.4) is 0 Å². The lowest BCUT2D eigenvalue weighted by atomic mass is 10.5. The second-order valence-electron chi connectivity index (χ2n) is 3.10. The van der Waals surface area contributed by atoms with Crippen molar-refractivity contribution in [2.75, 3.05) is 5.32 Å². The van der Waals surface area contributed by atoms with Gasteiger partial charge in [-0.15, -0.1) is 12.6 Å². The second kappa shape index (κ2) is 5.07. The molecule has 0 aromatic carbocycles. The Kier molecular flexibility index (Phi) is 4.38. The molecule has 0 bridgehead atoms. The molecule has 0 aliphatic rings. The Morgan fingerprint density at radius 2 is 1.71 bits per heavy atom. The van der Waals surface area contributed by atoms with Crippen LogP contribution in [-0.2, 0) is 9.13 Å². The summed E-state index contributed by atoms with van der Waals surface area (Å²) >= 11 is 3.94. The Labute approximate surface area is 102 Å². The third kappa shape index (κ3) is 4.40. The predicted octanol–water partition coefficient (Wildman–Crippen LogP) is 0.421. The topological polar surface area (TPSA) is 140 Å². The first kappa shape index (κ1) is 14.7. The highest BCUT2D eigenvalue weighted by Gasteiger charge is 2.43. The molecule has 0 amide bonds.